The summed E-state index contributed by atoms with van der Waals surface area (Å²) in [5, 5.41) is 0. The molecule has 1 aliphatic rings. The highest BCUT2D eigenvalue weighted by Crippen LogP contribution is 2.30. The molecular weight excluding hydrogens is 172 g/mol. The molecule has 0 aliphatic heterocycles. The highest BCUT2D eigenvalue weighted by Gasteiger charge is 2.24. The fourth-order valence-corrected chi connectivity index (χ4v) is 2.48. The van der Waals surface area contributed by atoms with Crippen LogP contribution >= 0.6 is 0 Å². The maximum Gasteiger partial charge on any atom is 0.135 e. The monoisotopic (exact) mass is 196 g/mol. The summed E-state index contributed by atoms with van der Waals surface area (Å²) in [6.07, 6.45) is 9.68. The highest BCUT2D eigenvalue weighted by molar-refractivity contribution is 5.80. The second-order valence-corrected chi connectivity index (χ2v) is 4.76. The smallest absolute Gasteiger partial charge is 0.135 e. The van der Waals surface area contributed by atoms with Gasteiger partial charge in [0.25, 0.3) is 0 Å². The van der Waals surface area contributed by atoms with Crippen LogP contribution in [0.15, 0.2) is 0 Å². The van der Waals surface area contributed by atoms with Crippen molar-refractivity contribution in [3.05, 3.63) is 0 Å². The lowest BCUT2D eigenvalue weighted by molar-refractivity contribution is -0.124. The maximum atomic E-state index is 11.8. The minimum absolute atomic E-state index is 0.335. The number of unbranched alkanes of at least 4 members (excludes halogenated alkanes) is 1. The first-order valence-electron chi connectivity index (χ1n) is 6.28. The molecule has 1 atom stereocenters. The summed E-state index contributed by atoms with van der Waals surface area (Å²) < 4.78 is 0. The minimum Gasteiger partial charge on any atom is -0.299 e. The van der Waals surface area contributed by atoms with Gasteiger partial charge in [0.2, 0.25) is 0 Å². The number of ketones is 1. The van der Waals surface area contributed by atoms with E-state index in [0.717, 1.165) is 19.3 Å². The molecule has 1 saturated carbocycles. The molecule has 14 heavy (non-hydrogen) atoms. The summed E-state index contributed by atoms with van der Waals surface area (Å²) in [5.74, 6) is 1.55. The largest absolute Gasteiger partial charge is 0.299 e. The van der Waals surface area contributed by atoms with Gasteiger partial charge in [-0.2, -0.15) is 0 Å². The van der Waals surface area contributed by atoms with Crippen molar-refractivity contribution in [3.63, 3.8) is 0 Å². The zero-order valence-corrected chi connectivity index (χ0v) is 9.72. The Kier molecular flexibility index (Phi) is 5.21. The lowest BCUT2D eigenvalue weighted by atomic mass is 9.78. The second-order valence-electron chi connectivity index (χ2n) is 4.76. The first kappa shape index (κ1) is 11.7. The molecule has 1 fully saturated rings. The van der Waals surface area contributed by atoms with Gasteiger partial charge in [-0.05, 0) is 25.2 Å². The highest BCUT2D eigenvalue weighted by atomic mass is 16.1. The Morgan fingerprint density at radius 2 is 1.93 bits per heavy atom. The van der Waals surface area contributed by atoms with E-state index in [1.54, 1.807) is 0 Å². The Morgan fingerprint density at radius 3 is 2.50 bits per heavy atom. The molecule has 0 aromatic heterocycles. The minimum atomic E-state index is 0.335. The van der Waals surface area contributed by atoms with Crippen LogP contribution in [0.2, 0.25) is 0 Å². The molecule has 0 aromatic rings. The van der Waals surface area contributed by atoms with Crippen LogP contribution in [0.4, 0.5) is 0 Å². The molecule has 1 aliphatic carbocycles. The Hall–Kier alpha value is -0.330. The fraction of sp³-hybridized carbons (Fsp3) is 0.923. The zero-order valence-electron chi connectivity index (χ0n) is 9.72. The number of hydrogen-bond acceptors (Lipinski definition) is 1. The molecule has 1 heteroatoms. The first-order valence-corrected chi connectivity index (χ1v) is 6.28. The lowest BCUT2D eigenvalue weighted by Gasteiger charge is -2.26. The second kappa shape index (κ2) is 6.21. The quantitative estimate of drug-likeness (QED) is 0.650. The van der Waals surface area contributed by atoms with E-state index in [9.17, 15) is 4.79 Å². The van der Waals surface area contributed by atoms with Gasteiger partial charge in [-0.1, -0.05) is 39.5 Å². The van der Waals surface area contributed by atoms with Gasteiger partial charge in [-0.15, -0.1) is 0 Å². The van der Waals surface area contributed by atoms with Crippen LogP contribution in [0.5, 0.6) is 0 Å². The summed E-state index contributed by atoms with van der Waals surface area (Å²) in [4.78, 5) is 11.8. The van der Waals surface area contributed by atoms with E-state index in [2.05, 4.69) is 13.8 Å². The molecule has 0 bridgehead atoms. The first-order chi connectivity index (χ1) is 6.75. The van der Waals surface area contributed by atoms with Gasteiger partial charge in [0.1, 0.15) is 5.78 Å². The van der Waals surface area contributed by atoms with E-state index in [-0.39, 0.29) is 0 Å². The fourth-order valence-electron chi connectivity index (χ4n) is 2.48. The topological polar surface area (TPSA) is 17.1 Å². The Balaban J connectivity index is 2.30. The third-order valence-corrected chi connectivity index (χ3v) is 3.64. The van der Waals surface area contributed by atoms with Crippen molar-refractivity contribution in [3.8, 4) is 0 Å². The van der Waals surface area contributed by atoms with E-state index in [0.29, 0.717) is 17.6 Å². The molecule has 0 radical (unpaired) electrons. The summed E-state index contributed by atoms with van der Waals surface area (Å²) in [6.45, 7) is 4.30. The molecule has 0 spiro atoms. The average Bonchev–Trinajstić information content (AvgIpc) is 2.26. The van der Waals surface area contributed by atoms with Crippen LogP contribution in [0.1, 0.15) is 65.2 Å². The molecule has 1 rings (SSSR count). The van der Waals surface area contributed by atoms with Crippen LogP contribution in [-0.4, -0.2) is 5.78 Å². The molecule has 0 heterocycles. The molecule has 1 unspecified atom stereocenters. The zero-order chi connectivity index (χ0) is 10.4. The van der Waals surface area contributed by atoms with Gasteiger partial charge < -0.3 is 0 Å². The Bertz CT molecular complexity index is 168. The summed E-state index contributed by atoms with van der Waals surface area (Å²) in [7, 11) is 0. The van der Waals surface area contributed by atoms with Crippen LogP contribution in [0.3, 0.4) is 0 Å². The molecular formula is C13H24O. The molecule has 0 aromatic carbocycles. The molecule has 0 N–H and O–H groups in total. The predicted octanol–water partition coefficient (Wildman–Crippen LogP) is 3.96. The number of Topliss-reactive ketones (excluding diaryl/α,β-unsaturated/α-hetero) is 1. The molecule has 82 valence electrons. The van der Waals surface area contributed by atoms with Crippen molar-refractivity contribution in [1.82, 2.24) is 0 Å². The van der Waals surface area contributed by atoms with Crippen molar-refractivity contribution >= 4 is 5.78 Å². The van der Waals surface area contributed by atoms with E-state index in [1.807, 2.05) is 0 Å². The SMILES string of the molecule is CCCCC(=O)C(C)C1CCCCC1. The van der Waals surface area contributed by atoms with E-state index in [4.69, 9.17) is 0 Å². The van der Waals surface area contributed by atoms with Gasteiger partial charge in [-0.25, -0.2) is 0 Å². The van der Waals surface area contributed by atoms with Crippen LogP contribution < -0.4 is 0 Å². The molecule has 0 saturated heterocycles. The number of carbonyl (C=O) groups excluding carboxylic acids is 1. The van der Waals surface area contributed by atoms with Crippen LogP contribution in [0, 0.1) is 11.8 Å². The Morgan fingerprint density at radius 1 is 1.29 bits per heavy atom. The third kappa shape index (κ3) is 3.43. The third-order valence-electron chi connectivity index (χ3n) is 3.64. The normalized spacial score (nSPS) is 20.7. The van der Waals surface area contributed by atoms with Gasteiger partial charge in [0, 0.05) is 12.3 Å². The number of carbonyl (C=O) groups is 1. The van der Waals surface area contributed by atoms with Crippen molar-refractivity contribution in [2.45, 2.75) is 65.2 Å². The lowest BCUT2D eigenvalue weighted by Crippen LogP contribution is -2.23. The number of rotatable bonds is 5. The number of hydrogen-bond donors (Lipinski definition) is 0. The van der Waals surface area contributed by atoms with Gasteiger partial charge in [0.15, 0.2) is 0 Å². The van der Waals surface area contributed by atoms with Crippen LogP contribution in [-0.2, 0) is 4.79 Å². The van der Waals surface area contributed by atoms with E-state index in [1.165, 1.54) is 32.1 Å². The van der Waals surface area contributed by atoms with Crippen molar-refractivity contribution in [1.29, 1.82) is 0 Å². The maximum absolute atomic E-state index is 11.8. The van der Waals surface area contributed by atoms with Gasteiger partial charge in [0.05, 0.1) is 0 Å². The predicted molar refractivity (Wildman–Crippen MR) is 60.3 cm³/mol. The molecule has 1 nitrogen and oxygen atoms in total. The van der Waals surface area contributed by atoms with Gasteiger partial charge in [-0.3, -0.25) is 4.79 Å². The summed E-state index contributed by atoms with van der Waals surface area (Å²) in [5.41, 5.74) is 0. The van der Waals surface area contributed by atoms with Gasteiger partial charge >= 0.3 is 0 Å². The van der Waals surface area contributed by atoms with Crippen molar-refractivity contribution in [2.24, 2.45) is 11.8 Å². The average molecular weight is 196 g/mol. The van der Waals surface area contributed by atoms with Crippen molar-refractivity contribution < 1.29 is 4.79 Å². The Labute approximate surface area is 88.3 Å². The summed E-state index contributed by atoms with van der Waals surface area (Å²) >= 11 is 0. The van der Waals surface area contributed by atoms with Crippen LogP contribution in [0.25, 0.3) is 0 Å². The van der Waals surface area contributed by atoms with Crippen molar-refractivity contribution in [2.75, 3.05) is 0 Å². The van der Waals surface area contributed by atoms with E-state index < -0.39 is 0 Å². The standard InChI is InChI=1S/C13H24O/c1-3-4-10-13(14)11(2)12-8-6-5-7-9-12/h11-12H,3-10H2,1-2H3. The summed E-state index contributed by atoms with van der Waals surface area (Å²) in [6, 6.07) is 0. The molecule has 0 amide bonds. The van der Waals surface area contributed by atoms with E-state index >= 15 is 0 Å².